The number of amides is 1. The van der Waals surface area contributed by atoms with Crippen LogP contribution in [0.25, 0.3) is 0 Å². The molecular weight excluding hydrogens is 274 g/mol. The number of benzene rings is 2. The van der Waals surface area contributed by atoms with Crippen LogP contribution in [0.15, 0.2) is 42.5 Å². The van der Waals surface area contributed by atoms with Gasteiger partial charge in [-0.2, -0.15) is 0 Å². The summed E-state index contributed by atoms with van der Waals surface area (Å²) in [6.45, 7) is 6.15. The molecule has 0 heterocycles. The van der Waals surface area contributed by atoms with Gasteiger partial charge in [0.25, 0.3) is 5.91 Å². The van der Waals surface area contributed by atoms with Crippen molar-refractivity contribution in [1.82, 2.24) is 0 Å². The van der Waals surface area contributed by atoms with Crippen molar-refractivity contribution >= 4 is 23.0 Å². The molecule has 116 valence electrons. The van der Waals surface area contributed by atoms with Gasteiger partial charge in [-0.15, -0.1) is 0 Å². The Kier molecular flexibility index (Phi) is 4.71. The number of hydrogen-bond acceptors (Lipinski definition) is 3. The molecule has 0 aliphatic heterocycles. The molecule has 0 saturated heterocycles. The number of nitrogens with one attached hydrogen (secondary N) is 1. The average Bonchev–Trinajstić information content (AvgIpc) is 2.49. The molecule has 0 aliphatic carbocycles. The van der Waals surface area contributed by atoms with Gasteiger partial charge in [0.05, 0.1) is 0 Å². The van der Waals surface area contributed by atoms with Gasteiger partial charge in [0.2, 0.25) is 0 Å². The molecule has 22 heavy (non-hydrogen) atoms. The molecular formula is C18H23N3O. The Morgan fingerprint density at radius 3 is 2.59 bits per heavy atom. The largest absolute Gasteiger partial charge is 0.399 e. The van der Waals surface area contributed by atoms with Gasteiger partial charge >= 0.3 is 0 Å². The first kappa shape index (κ1) is 15.9. The highest BCUT2D eigenvalue weighted by Crippen LogP contribution is 2.21. The number of anilines is 3. The Bertz CT molecular complexity index is 680. The zero-order valence-corrected chi connectivity index (χ0v) is 13.6. The normalized spacial score (nSPS) is 10.6. The van der Waals surface area contributed by atoms with E-state index in [1.807, 2.05) is 44.3 Å². The Balaban J connectivity index is 2.22. The summed E-state index contributed by atoms with van der Waals surface area (Å²) in [6.07, 6.45) is 0. The van der Waals surface area contributed by atoms with Gasteiger partial charge in [0.15, 0.2) is 0 Å². The van der Waals surface area contributed by atoms with E-state index in [1.54, 1.807) is 12.1 Å². The molecule has 0 bridgehead atoms. The molecule has 0 saturated carbocycles. The molecule has 0 fully saturated rings. The fourth-order valence-corrected chi connectivity index (χ4v) is 2.18. The summed E-state index contributed by atoms with van der Waals surface area (Å²) in [5.74, 6) is -0.144. The van der Waals surface area contributed by atoms with Gasteiger partial charge in [0, 0.05) is 35.7 Å². The lowest BCUT2D eigenvalue weighted by Gasteiger charge is -2.24. The van der Waals surface area contributed by atoms with Crippen molar-refractivity contribution in [3.63, 3.8) is 0 Å². The maximum absolute atomic E-state index is 12.4. The van der Waals surface area contributed by atoms with Crippen LogP contribution in [0, 0.1) is 6.92 Å². The molecule has 2 aromatic carbocycles. The lowest BCUT2D eigenvalue weighted by atomic mass is 10.1. The summed E-state index contributed by atoms with van der Waals surface area (Å²) in [7, 11) is 2.04. The van der Waals surface area contributed by atoms with Gasteiger partial charge in [-0.3, -0.25) is 4.79 Å². The van der Waals surface area contributed by atoms with Crippen LogP contribution in [-0.4, -0.2) is 19.0 Å². The van der Waals surface area contributed by atoms with Crippen LogP contribution >= 0.6 is 0 Å². The van der Waals surface area contributed by atoms with E-state index in [0.29, 0.717) is 17.3 Å². The lowest BCUT2D eigenvalue weighted by molar-refractivity contribution is 0.102. The van der Waals surface area contributed by atoms with E-state index in [0.717, 1.165) is 16.9 Å². The van der Waals surface area contributed by atoms with Gasteiger partial charge < -0.3 is 16.0 Å². The van der Waals surface area contributed by atoms with Gasteiger partial charge in [-0.1, -0.05) is 12.1 Å². The predicted octanol–water partition coefficient (Wildman–Crippen LogP) is 3.67. The van der Waals surface area contributed by atoms with E-state index in [4.69, 9.17) is 5.73 Å². The minimum Gasteiger partial charge on any atom is -0.399 e. The number of rotatable bonds is 4. The van der Waals surface area contributed by atoms with Crippen molar-refractivity contribution in [3.8, 4) is 0 Å². The third kappa shape index (κ3) is 3.58. The van der Waals surface area contributed by atoms with Crippen molar-refractivity contribution in [3.05, 3.63) is 53.6 Å². The minimum atomic E-state index is -0.144. The standard InChI is InChI=1S/C18H23N3O/c1-12(2)21(4)16-7-5-6-15(11-16)20-18(22)17-10-14(19)9-8-13(17)3/h5-12H,19H2,1-4H3,(H,20,22). The SMILES string of the molecule is Cc1ccc(N)cc1C(=O)Nc1cccc(N(C)C(C)C)c1. The van der Waals surface area contributed by atoms with Crippen molar-refractivity contribution in [2.45, 2.75) is 26.8 Å². The zero-order valence-electron chi connectivity index (χ0n) is 13.6. The molecule has 3 N–H and O–H groups in total. The van der Waals surface area contributed by atoms with Crippen molar-refractivity contribution in [1.29, 1.82) is 0 Å². The molecule has 0 aromatic heterocycles. The maximum atomic E-state index is 12.4. The van der Waals surface area contributed by atoms with Crippen LogP contribution in [0.1, 0.15) is 29.8 Å². The van der Waals surface area contributed by atoms with E-state index < -0.39 is 0 Å². The highest BCUT2D eigenvalue weighted by Gasteiger charge is 2.11. The zero-order chi connectivity index (χ0) is 16.3. The molecule has 4 nitrogen and oxygen atoms in total. The highest BCUT2D eigenvalue weighted by atomic mass is 16.1. The quantitative estimate of drug-likeness (QED) is 0.846. The summed E-state index contributed by atoms with van der Waals surface area (Å²) in [6, 6.07) is 13.6. The van der Waals surface area contributed by atoms with Gasteiger partial charge in [-0.25, -0.2) is 0 Å². The molecule has 0 radical (unpaired) electrons. The topological polar surface area (TPSA) is 58.4 Å². The molecule has 2 aromatic rings. The fourth-order valence-electron chi connectivity index (χ4n) is 2.18. The third-order valence-electron chi connectivity index (χ3n) is 3.79. The van der Waals surface area contributed by atoms with Crippen LogP contribution in [0.4, 0.5) is 17.1 Å². The van der Waals surface area contributed by atoms with E-state index in [9.17, 15) is 4.79 Å². The second-order valence-corrected chi connectivity index (χ2v) is 5.78. The number of nitrogens with two attached hydrogens (primary N) is 1. The first-order valence-electron chi connectivity index (χ1n) is 7.39. The second-order valence-electron chi connectivity index (χ2n) is 5.78. The number of nitrogen functional groups attached to an aromatic ring is 1. The molecule has 2 rings (SSSR count). The van der Waals surface area contributed by atoms with Crippen LogP contribution < -0.4 is 16.0 Å². The summed E-state index contributed by atoms with van der Waals surface area (Å²) < 4.78 is 0. The number of nitrogens with zero attached hydrogens (tertiary/aromatic N) is 1. The number of carbonyl (C=O) groups is 1. The predicted molar refractivity (Wildman–Crippen MR) is 93.5 cm³/mol. The lowest BCUT2D eigenvalue weighted by Crippen LogP contribution is -2.25. The van der Waals surface area contributed by atoms with E-state index >= 15 is 0 Å². The first-order chi connectivity index (χ1) is 10.4. The molecule has 0 aliphatic rings. The Morgan fingerprint density at radius 1 is 1.18 bits per heavy atom. The summed E-state index contributed by atoms with van der Waals surface area (Å²) in [4.78, 5) is 14.6. The van der Waals surface area contributed by atoms with Crippen molar-refractivity contribution in [2.24, 2.45) is 0 Å². The Morgan fingerprint density at radius 2 is 1.91 bits per heavy atom. The minimum absolute atomic E-state index is 0.144. The average molecular weight is 297 g/mol. The summed E-state index contributed by atoms with van der Waals surface area (Å²) in [5.41, 5.74) is 9.70. The number of hydrogen-bond donors (Lipinski definition) is 2. The highest BCUT2D eigenvalue weighted by molar-refractivity contribution is 6.06. The molecule has 0 spiro atoms. The third-order valence-corrected chi connectivity index (χ3v) is 3.79. The van der Waals surface area contributed by atoms with Crippen molar-refractivity contribution in [2.75, 3.05) is 23.0 Å². The Hall–Kier alpha value is -2.49. The fraction of sp³-hybridized carbons (Fsp3) is 0.278. The van der Waals surface area contributed by atoms with E-state index in [-0.39, 0.29) is 5.91 Å². The summed E-state index contributed by atoms with van der Waals surface area (Å²) in [5, 5.41) is 2.94. The number of carbonyl (C=O) groups excluding carboxylic acids is 1. The first-order valence-corrected chi connectivity index (χ1v) is 7.39. The molecule has 0 atom stereocenters. The van der Waals surface area contributed by atoms with E-state index in [1.165, 1.54) is 0 Å². The van der Waals surface area contributed by atoms with Crippen LogP contribution in [0.5, 0.6) is 0 Å². The second kappa shape index (κ2) is 6.52. The van der Waals surface area contributed by atoms with Gasteiger partial charge in [0.1, 0.15) is 0 Å². The molecule has 4 heteroatoms. The van der Waals surface area contributed by atoms with Crippen molar-refractivity contribution < 1.29 is 4.79 Å². The van der Waals surface area contributed by atoms with Crippen LogP contribution in [-0.2, 0) is 0 Å². The monoisotopic (exact) mass is 297 g/mol. The number of aryl methyl sites for hydroxylation is 1. The summed E-state index contributed by atoms with van der Waals surface area (Å²) >= 11 is 0. The maximum Gasteiger partial charge on any atom is 0.256 e. The van der Waals surface area contributed by atoms with E-state index in [2.05, 4.69) is 24.1 Å². The Labute approximate surface area is 131 Å². The van der Waals surface area contributed by atoms with Crippen LogP contribution in [0.2, 0.25) is 0 Å². The molecule has 1 amide bonds. The smallest absolute Gasteiger partial charge is 0.256 e. The van der Waals surface area contributed by atoms with Crippen LogP contribution in [0.3, 0.4) is 0 Å². The van der Waals surface area contributed by atoms with Gasteiger partial charge in [-0.05, 0) is 56.7 Å². The molecule has 0 unspecified atom stereocenters.